The highest BCUT2D eigenvalue weighted by Crippen LogP contribution is 2.50. The van der Waals surface area contributed by atoms with E-state index >= 15 is 0 Å². The summed E-state index contributed by atoms with van der Waals surface area (Å²) in [6, 6.07) is -1.20. The number of halogens is 5. The van der Waals surface area contributed by atoms with Crippen LogP contribution in [0, 0.1) is 10.8 Å². The van der Waals surface area contributed by atoms with Gasteiger partial charge in [-0.15, -0.1) is 0 Å². The van der Waals surface area contributed by atoms with E-state index in [0.29, 0.717) is 6.42 Å². The van der Waals surface area contributed by atoms with E-state index in [1.165, 1.54) is 12.4 Å². The molecule has 0 saturated heterocycles. The second-order valence-electron chi connectivity index (χ2n) is 11.0. The van der Waals surface area contributed by atoms with Gasteiger partial charge in [0.1, 0.15) is 0 Å². The molecule has 8 nitrogen and oxygen atoms in total. The average molecular weight is 575 g/mol. The molecule has 2 saturated carbocycles. The Morgan fingerprint density at radius 3 is 2.13 bits per heavy atom. The number of pyridine rings is 1. The van der Waals surface area contributed by atoms with Crippen LogP contribution in [0.4, 0.5) is 13.2 Å². The molecule has 1 N–H and O–H groups in total. The van der Waals surface area contributed by atoms with Crippen molar-refractivity contribution in [3.8, 4) is 0 Å². The van der Waals surface area contributed by atoms with Crippen molar-refractivity contribution < 1.29 is 32.7 Å². The van der Waals surface area contributed by atoms with E-state index in [1.54, 1.807) is 6.92 Å². The van der Waals surface area contributed by atoms with E-state index in [0.717, 1.165) is 15.8 Å². The van der Waals surface area contributed by atoms with Crippen molar-refractivity contribution in [3.05, 3.63) is 45.5 Å². The summed E-state index contributed by atoms with van der Waals surface area (Å²) in [6.45, 7) is 4.75. The Balaban J connectivity index is 1.68. The summed E-state index contributed by atoms with van der Waals surface area (Å²) in [4.78, 5) is 43.3. The van der Waals surface area contributed by atoms with Gasteiger partial charge in [0.15, 0.2) is 11.5 Å². The van der Waals surface area contributed by atoms with Gasteiger partial charge in [-0.25, -0.2) is 0 Å². The van der Waals surface area contributed by atoms with E-state index in [-0.39, 0.29) is 41.3 Å². The van der Waals surface area contributed by atoms with E-state index in [2.05, 4.69) is 10.1 Å². The number of aliphatic carboxylic acids is 1. The molecule has 2 fully saturated rings. The maximum absolute atomic E-state index is 14.4. The molecule has 206 valence electrons. The summed E-state index contributed by atoms with van der Waals surface area (Å²) in [5.74, 6) is -2.59. The Kier molecular flexibility index (Phi) is 7.33. The minimum absolute atomic E-state index is 0.0283. The van der Waals surface area contributed by atoms with Gasteiger partial charge >= 0.3 is 12.1 Å². The molecule has 0 spiro atoms. The van der Waals surface area contributed by atoms with Crippen LogP contribution in [0.25, 0.3) is 0 Å². The van der Waals surface area contributed by atoms with Crippen LogP contribution in [0.2, 0.25) is 10.0 Å². The maximum Gasteiger partial charge on any atom is 0.433 e. The lowest BCUT2D eigenvalue weighted by atomic mass is 9.74. The number of carboxylic acid groups (broad SMARTS) is 1. The topological polar surface area (TPSA) is 105 Å². The molecule has 0 aliphatic heterocycles. The SMILES string of the molecule is CC1(C)C[C@@H]1N(CC(=O)c1c(Cl)cncc1Cl)C(=O)c1cnn([C@H]2CC[C@](C)(C(=O)O)CC2)c1C(F)(F)F. The van der Waals surface area contributed by atoms with E-state index < -0.39 is 64.6 Å². The molecule has 4 rings (SSSR count). The lowest BCUT2D eigenvalue weighted by Gasteiger charge is -2.34. The molecule has 38 heavy (non-hydrogen) atoms. The van der Waals surface area contributed by atoms with Crippen LogP contribution in [-0.4, -0.2) is 55.0 Å². The number of Topliss-reactive ketones (excluding diaryl/α,β-unsaturated/α-hetero) is 1. The molecule has 2 aromatic heterocycles. The largest absolute Gasteiger partial charge is 0.481 e. The van der Waals surface area contributed by atoms with Crippen molar-refractivity contribution >= 4 is 40.9 Å². The van der Waals surface area contributed by atoms with Crippen LogP contribution >= 0.6 is 23.2 Å². The van der Waals surface area contributed by atoms with E-state index in [4.69, 9.17) is 23.2 Å². The summed E-state index contributed by atoms with van der Waals surface area (Å²) in [6.07, 6.45) is -0.406. The highest BCUT2D eigenvalue weighted by Gasteiger charge is 2.53. The molecule has 0 bridgehead atoms. The molecular formula is C25H27Cl2F3N4O4. The van der Waals surface area contributed by atoms with Gasteiger partial charge in [-0.1, -0.05) is 37.0 Å². The Morgan fingerprint density at radius 1 is 1.11 bits per heavy atom. The number of hydrogen-bond acceptors (Lipinski definition) is 5. The third-order valence-corrected chi connectivity index (χ3v) is 8.33. The zero-order valence-electron chi connectivity index (χ0n) is 21.0. The molecule has 0 radical (unpaired) electrons. The smallest absolute Gasteiger partial charge is 0.433 e. The average Bonchev–Trinajstić information content (AvgIpc) is 3.22. The number of ketones is 1. The first-order valence-corrected chi connectivity index (χ1v) is 12.8. The highest BCUT2D eigenvalue weighted by atomic mass is 35.5. The number of nitrogens with zero attached hydrogens (tertiary/aromatic N) is 4. The fraction of sp³-hybridized carbons (Fsp3) is 0.560. The molecule has 0 unspecified atom stereocenters. The minimum Gasteiger partial charge on any atom is -0.481 e. The molecule has 2 aromatic rings. The van der Waals surface area contributed by atoms with E-state index in [9.17, 15) is 32.7 Å². The van der Waals surface area contributed by atoms with Crippen LogP contribution in [0.15, 0.2) is 18.6 Å². The summed E-state index contributed by atoms with van der Waals surface area (Å²) >= 11 is 12.2. The molecule has 2 aliphatic carbocycles. The lowest BCUT2D eigenvalue weighted by molar-refractivity contribution is -0.152. The van der Waals surface area contributed by atoms with Crippen LogP contribution in [0.3, 0.4) is 0 Å². The molecule has 1 atom stereocenters. The van der Waals surface area contributed by atoms with Gasteiger partial charge in [0.05, 0.1) is 45.4 Å². The minimum atomic E-state index is -4.92. The van der Waals surface area contributed by atoms with Gasteiger partial charge in [0, 0.05) is 18.4 Å². The summed E-state index contributed by atoms with van der Waals surface area (Å²) in [5, 5.41) is 13.4. The van der Waals surface area contributed by atoms with Crippen molar-refractivity contribution in [2.75, 3.05) is 6.54 Å². The number of carboxylic acids is 1. The third-order valence-electron chi connectivity index (χ3n) is 7.76. The van der Waals surface area contributed by atoms with Crippen molar-refractivity contribution in [2.45, 2.75) is 71.1 Å². The van der Waals surface area contributed by atoms with Gasteiger partial charge in [-0.2, -0.15) is 18.3 Å². The molecule has 2 aliphatic rings. The van der Waals surface area contributed by atoms with E-state index in [1.807, 2.05) is 13.8 Å². The van der Waals surface area contributed by atoms with Gasteiger partial charge in [0.25, 0.3) is 5.91 Å². The summed E-state index contributed by atoms with van der Waals surface area (Å²) in [5.41, 5.74) is -3.35. The lowest BCUT2D eigenvalue weighted by Crippen LogP contribution is -2.40. The van der Waals surface area contributed by atoms with Gasteiger partial charge in [-0.3, -0.25) is 24.0 Å². The number of carbonyl (C=O) groups is 3. The van der Waals surface area contributed by atoms with Crippen molar-refractivity contribution in [1.82, 2.24) is 19.7 Å². The predicted octanol–water partition coefficient (Wildman–Crippen LogP) is 5.93. The zero-order valence-corrected chi connectivity index (χ0v) is 22.5. The molecule has 0 aromatic carbocycles. The molecule has 1 amide bonds. The molecule has 13 heteroatoms. The zero-order chi connectivity index (χ0) is 28.2. The van der Waals surface area contributed by atoms with Crippen molar-refractivity contribution in [3.63, 3.8) is 0 Å². The Hall–Kier alpha value is -2.66. The maximum atomic E-state index is 14.4. The summed E-state index contributed by atoms with van der Waals surface area (Å²) < 4.78 is 43.9. The molecule has 2 heterocycles. The van der Waals surface area contributed by atoms with Gasteiger partial charge in [-0.05, 0) is 44.4 Å². The number of aromatic nitrogens is 3. The number of carbonyl (C=O) groups excluding carboxylic acids is 2. The standard InChI is InChI=1S/C25H27Cl2F3N4O4/c1-23(2)8-18(23)33(12-17(35)19-15(26)10-31-11-16(19)27)21(36)14-9-32-34(20(14)25(28,29)30)13-4-6-24(3,7-5-13)22(37)38/h9-11,13,18H,4-8,12H2,1-3H3,(H,37,38)/t13-,18-,24-/m0/s1. The number of rotatable bonds is 7. The van der Waals surface area contributed by atoms with Crippen molar-refractivity contribution in [2.24, 2.45) is 10.8 Å². The second-order valence-corrected chi connectivity index (χ2v) is 11.8. The Morgan fingerprint density at radius 2 is 1.66 bits per heavy atom. The van der Waals surface area contributed by atoms with Crippen LogP contribution in [0.5, 0.6) is 0 Å². The third kappa shape index (κ3) is 5.27. The van der Waals surface area contributed by atoms with Crippen LogP contribution < -0.4 is 0 Å². The first kappa shape index (κ1) is 28.4. The molecular weight excluding hydrogens is 548 g/mol. The van der Waals surface area contributed by atoms with Gasteiger partial charge < -0.3 is 10.0 Å². The fourth-order valence-electron chi connectivity index (χ4n) is 5.14. The first-order chi connectivity index (χ1) is 17.6. The monoisotopic (exact) mass is 574 g/mol. The van der Waals surface area contributed by atoms with Crippen LogP contribution in [0.1, 0.15) is 85.3 Å². The van der Waals surface area contributed by atoms with Crippen LogP contribution in [-0.2, 0) is 11.0 Å². The normalized spacial score (nSPS) is 24.6. The van der Waals surface area contributed by atoms with Crippen molar-refractivity contribution in [1.29, 1.82) is 0 Å². The number of alkyl halides is 3. The number of hydrogen-bond donors (Lipinski definition) is 1. The quantitative estimate of drug-likeness (QED) is 0.410. The Labute approximate surface area is 227 Å². The first-order valence-electron chi connectivity index (χ1n) is 12.1. The predicted molar refractivity (Wildman–Crippen MR) is 132 cm³/mol. The number of amides is 1. The fourth-order valence-corrected chi connectivity index (χ4v) is 5.71. The summed E-state index contributed by atoms with van der Waals surface area (Å²) in [7, 11) is 0. The van der Waals surface area contributed by atoms with Gasteiger partial charge in [0.2, 0.25) is 0 Å². The highest BCUT2D eigenvalue weighted by molar-refractivity contribution is 6.39. The Bertz CT molecular complexity index is 1270. The second kappa shape index (κ2) is 9.82.